The van der Waals surface area contributed by atoms with Gasteiger partial charge in [-0.25, -0.2) is 0 Å². The van der Waals surface area contributed by atoms with E-state index in [9.17, 15) is 20.2 Å². The molecule has 7 heteroatoms. The van der Waals surface area contributed by atoms with E-state index in [1.807, 2.05) is 0 Å². The first-order valence-electron chi connectivity index (χ1n) is 3.99. The number of non-ortho nitro benzene ring substituents is 1. The van der Waals surface area contributed by atoms with Crippen LogP contribution in [0.1, 0.15) is 0 Å². The van der Waals surface area contributed by atoms with E-state index in [0.29, 0.717) is 10.9 Å². The van der Waals surface area contributed by atoms with Gasteiger partial charge in [0.2, 0.25) is 0 Å². The van der Waals surface area contributed by atoms with Crippen molar-refractivity contribution in [1.82, 2.24) is 4.98 Å². The fraction of sp³-hybridized carbons (Fsp3) is 0. The maximum Gasteiger partial charge on any atom is 0.294 e. The lowest BCUT2D eigenvalue weighted by Crippen LogP contribution is -1.87. The summed E-state index contributed by atoms with van der Waals surface area (Å²) in [5, 5.41) is 21.4. The van der Waals surface area contributed by atoms with Crippen LogP contribution in [0.25, 0.3) is 10.9 Å². The molecule has 2 aromatic rings. The van der Waals surface area contributed by atoms with Gasteiger partial charge in [-0.2, -0.15) is 0 Å². The first kappa shape index (κ1) is 9.13. The van der Waals surface area contributed by atoms with Crippen molar-refractivity contribution in [2.24, 2.45) is 0 Å². The minimum atomic E-state index is -0.549. The minimum absolute atomic E-state index is 0.0834. The van der Waals surface area contributed by atoms with Crippen LogP contribution in [0.3, 0.4) is 0 Å². The summed E-state index contributed by atoms with van der Waals surface area (Å²) in [6, 6.07) is 3.87. The molecule has 0 fully saturated rings. The van der Waals surface area contributed by atoms with Gasteiger partial charge in [0, 0.05) is 12.1 Å². The molecule has 1 aromatic carbocycles. The quantitative estimate of drug-likeness (QED) is 0.600. The largest absolute Gasteiger partial charge is 0.355 e. The van der Waals surface area contributed by atoms with Crippen molar-refractivity contribution in [1.29, 1.82) is 0 Å². The Bertz CT molecular complexity index is 560. The van der Waals surface area contributed by atoms with Crippen LogP contribution in [0.5, 0.6) is 0 Å². The number of rotatable bonds is 2. The SMILES string of the molecule is O=[N+]([O-])c1ccc2c([N+](=O)[O-])c[nH]c2c1. The zero-order valence-electron chi connectivity index (χ0n) is 7.34. The average molecular weight is 207 g/mol. The molecule has 0 saturated carbocycles. The van der Waals surface area contributed by atoms with Gasteiger partial charge in [0.15, 0.2) is 0 Å². The van der Waals surface area contributed by atoms with E-state index in [-0.39, 0.29) is 11.4 Å². The number of nitrogens with zero attached hydrogens (tertiary/aromatic N) is 2. The van der Waals surface area contributed by atoms with Crippen LogP contribution in [0.15, 0.2) is 24.4 Å². The van der Waals surface area contributed by atoms with Gasteiger partial charge in [-0.3, -0.25) is 20.2 Å². The molecule has 1 heterocycles. The van der Waals surface area contributed by atoms with Crippen molar-refractivity contribution in [3.8, 4) is 0 Å². The van der Waals surface area contributed by atoms with Crippen molar-refractivity contribution in [3.05, 3.63) is 44.6 Å². The second-order valence-electron chi connectivity index (χ2n) is 2.92. The third-order valence-corrected chi connectivity index (χ3v) is 2.05. The molecule has 0 bridgehead atoms. The van der Waals surface area contributed by atoms with E-state index in [1.165, 1.54) is 24.4 Å². The third kappa shape index (κ3) is 1.39. The highest BCUT2D eigenvalue weighted by Gasteiger charge is 2.16. The number of H-pyrrole nitrogens is 1. The van der Waals surface area contributed by atoms with Crippen LogP contribution in [-0.4, -0.2) is 14.8 Å². The van der Waals surface area contributed by atoms with Crippen molar-refractivity contribution < 1.29 is 9.85 Å². The maximum absolute atomic E-state index is 10.5. The number of fused-ring (bicyclic) bond motifs is 1. The number of hydrogen-bond acceptors (Lipinski definition) is 4. The lowest BCUT2D eigenvalue weighted by atomic mass is 10.2. The zero-order valence-corrected chi connectivity index (χ0v) is 7.34. The van der Waals surface area contributed by atoms with Gasteiger partial charge in [0.1, 0.15) is 0 Å². The summed E-state index contributed by atoms with van der Waals surface area (Å²) >= 11 is 0. The zero-order chi connectivity index (χ0) is 11.0. The molecule has 0 radical (unpaired) electrons. The summed E-state index contributed by atoms with van der Waals surface area (Å²) in [6.07, 6.45) is 1.22. The fourth-order valence-corrected chi connectivity index (χ4v) is 1.36. The van der Waals surface area contributed by atoms with Gasteiger partial charge in [0.05, 0.1) is 26.9 Å². The Morgan fingerprint density at radius 3 is 2.47 bits per heavy atom. The van der Waals surface area contributed by atoms with E-state index in [2.05, 4.69) is 4.98 Å². The van der Waals surface area contributed by atoms with Crippen LogP contribution in [-0.2, 0) is 0 Å². The van der Waals surface area contributed by atoms with E-state index >= 15 is 0 Å². The number of nitro benzene ring substituents is 1. The third-order valence-electron chi connectivity index (χ3n) is 2.05. The van der Waals surface area contributed by atoms with Crippen LogP contribution in [0, 0.1) is 20.2 Å². The van der Waals surface area contributed by atoms with Gasteiger partial charge < -0.3 is 4.98 Å². The van der Waals surface area contributed by atoms with Crippen molar-refractivity contribution in [3.63, 3.8) is 0 Å². The minimum Gasteiger partial charge on any atom is -0.355 e. The molecule has 0 aliphatic heterocycles. The second kappa shape index (κ2) is 3.05. The highest BCUT2D eigenvalue weighted by atomic mass is 16.6. The Hall–Kier alpha value is -2.44. The van der Waals surface area contributed by atoms with E-state index in [1.54, 1.807) is 0 Å². The molecule has 76 valence electrons. The molecule has 1 aromatic heterocycles. The number of benzene rings is 1. The number of aromatic nitrogens is 1. The summed E-state index contributed by atoms with van der Waals surface area (Å²) < 4.78 is 0. The monoisotopic (exact) mass is 207 g/mol. The Labute approximate surface area is 82.6 Å². The molecule has 2 rings (SSSR count). The molecule has 0 unspecified atom stereocenters. The van der Waals surface area contributed by atoms with Crippen LogP contribution in [0.2, 0.25) is 0 Å². The fourth-order valence-electron chi connectivity index (χ4n) is 1.36. The molecule has 0 amide bonds. The van der Waals surface area contributed by atoms with Crippen molar-refractivity contribution in [2.45, 2.75) is 0 Å². The molecule has 0 atom stereocenters. The second-order valence-corrected chi connectivity index (χ2v) is 2.92. The number of hydrogen-bond donors (Lipinski definition) is 1. The smallest absolute Gasteiger partial charge is 0.294 e. The van der Waals surface area contributed by atoms with Crippen molar-refractivity contribution >= 4 is 22.3 Å². The van der Waals surface area contributed by atoms with Gasteiger partial charge in [-0.1, -0.05) is 0 Å². The first-order chi connectivity index (χ1) is 7.09. The molecule has 15 heavy (non-hydrogen) atoms. The molecule has 7 nitrogen and oxygen atoms in total. The predicted octanol–water partition coefficient (Wildman–Crippen LogP) is 1.98. The van der Waals surface area contributed by atoms with E-state index < -0.39 is 9.85 Å². The van der Waals surface area contributed by atoms with Crippen LogP contribution < -0.4 is 0 Å². The lowest BCUT2D eigenvalue weighted by molar-refractivity contribution is -0.384. The molecule has 0 aliphatic carbocycles. The molecular formula is C8H5N3O4. The summed E-state index contributed by atoms with van der Waals surface area (Å²) in [4.78, 5) is 22.5. The summed E-state index contributed by atoms with van der Waals surface area (Å²) in [6.45, 7) is 0. The van der Waals surface area contributed by atoms with Gasteiger partial charge in [0.25, 0.3) is 11.4 Å². The predicted molar refractivity (Wildman–Crippen MR) is 51.6 cm³/mol. The highest BCUT2D eigenvalue weighted by molar-refractivity contribution is 5.90. The normalized spacial score (nSPS) is 10.4. The summed E-state index contributed by atoms with van der Waals surface area (Å²) in [5.74, 6) is 0. The topological polar surface area (TPSA) is 102 Å². The highest BCUT2D eigenvalue weighted by Crippen LogP contribution is 2.27. The number of nitro groups is 2. The Balaban J connectivity index is 2.66. The Morgan fingerprint density at radius 1 is 1.13 bits per heavy atom. The summed E-state index contributed by atoms with van der Waals surface area (Å²) in [7, 11) is 0. The average Bonchev–Trinajstić information content (AvgIpc) is 2.59. The molecule has 0 saturated heterocycles. The number of aromatic amines is 1. The van der Waals surface area contributed by atoms with E-state index in [4.69, 9.17) is 0 Å². The van der Waals surface area contributed by atoms with Gasteiger partial charge in [-0.15, -0.1) is 0 Å². The Morgan fingerprint density at radius 2 is 1.87 bits per heavy atom. The van der Waals surface area contributed by atoms with Gasteiger partial charge in [-0.05, 0) is 6.07 Å². The standard InChI is InChI=1S/C8H5N3O4/c12-10(13)5-1-2-6-7(3-5)9-4-8(6)11(14)15/h1-4,9H. The molecule has 1 N–H and O–H groups in total. The van der Waals surface area contributed by atoms with Crippen molar-refractivity contribution in [2.75, 3.05) is 0 Å². The molecule has 0 aliphatic rings. The maximum atomic E-state index is 10.5. The van der Waals surface area contributed by atoms with Gasteiger partial charge >= 0.3 is 0 Å². The first-order valence-corrected chi connectivity index (χ1v) is 3.99. The van der Waals surface area contributed by atoms with E-state index in [0.717, 1.165) is 0 Å². The Kier molecular flexibility index (Phi) is 1.86. The van der Waals surface area contributed by atoms with Crippen LogP contribution >= 0.6 is 0 Å². The summed E-state index contributed by atoms with van der Waals surface area (Å²) in [5.41, 5.74) is 0.204. The number of nitrogens with one attached hydrogen (secondary N) is 1. The van der Waals surface area contributed by atoms with Crippen LogP contribution in [0.4, 0.5) is 11.4 Å². The lowest BCUT2D eigenvalue weighted by Gasteiger charge is -1.91. The molecule has 0 spiro atoms. The molecular weight excluding hydrogens is 202 g/mol.